The molecule has 6 nitrogen and oxygen atoms in total. The zero-order valence-electron chi connectivity index (χ0n) is 36.5. The van der Waals surface area contributed by atoms with Crippen LogP contribution in [0, 0.1) is 11.3 Å². The fourth-order valence-corrected chi connectivity index (χ4v) is 7.51. The molecule has 0 amide bonds. The van der Waals surface area contributed by atoms with Crippen LogP contribution >= 0.6 is 12.8 Å². The van der Waals surface area contributed by atoms with Crippen molar-refractivity contribution in [3.63, 3.8) is 0 Å². The Hall–Kier alpha value is -3.39. The zero-order chi connectivity index (χ0) is 41.1. The summed E-state index contributed by atoms with van der Waals surface area (Å²) in [6, 6.07) is 11.6. The number of aliphatic imine (C=N–C) groups is 1. The Labute approximate surface area is 342 Å². The number of hydrogen-bond donors (Lipinski definition) is 4. The van der Waals surface area contributed by atoms with E-state index < -0.39 is 0 Å². The van der Waals surface area contributed by atoms with Gasteiger partial charge in [-0.15, -0.1) is 6.58 Å². The first-order valence-corrected chi connectivity index (χ1v) is 21.3. The average Bonchev–Trinajstić information content (AvgIpc) is 3.46. The molecule has 0 spiro atoms. The summed E-state index contributed by atoms with van der Waals surface area (Å²) in [5.41, 5.74) is 12.2. The highest BCUT2D eigenvalue weighted by Crippen LogP contribution is 2.42. The van der Waals surface area contributed by atoms with Crippen LogP contribution in [-0.2, 0) is 13.0 Å². The summed E-state index contributed by atoms with van der Waals surface area (Å²) in [4.78, 5) is 9.92. The maximum atomic E-state index is 5.01. The number of nitrogens with one attached hydrogen (secondary N) is 3. The van der Waals surface area contributed by atoms with Crippen molar-refractivity contribution < 1.29 is 0 Å². The largest absolute Gasteiger partial charge is 0.362 e. The molecule has 0 saturated heterocycles. The molecule has 304 valence electrons. The molecule has 0 fully saturated rings. The van der Waals surface area contributed by atoms with E-state index in [2.05, 4.69) is 158 Å². The fraction of sp³-hybridized carbons (Fsp3) is 0.542. The molecule has 0 aliphatic carbocycles. The summed E-state index contributed by atoms with van der Waals surface area (Å²) in [6.45, 7) is 36.3. The normalized spacial score (nSPS) is 13.4. The Morgan fingerprint density at radius 2 is 1.80 bits per heavy atom. The van der Waals surface area contributed by atoms with Gasteiger partial charge in [0.1, 0.15) is 0 Å². The second-order valence-corrected chi connectivity index (χ2v) is 16.4. The Kier molecular flexibility index (Phi) is 21.1. The molecule has 0 radical (unpaired) electrons. The molecule has 2 heterocycles. The van der Waals surface area contributed by atoms with Crippen LogP contribution in [0.1, 0.15) is 143 Å². The molecule has 3 aromatic rings. The van der Waals surface area contributed by atoms with Gasteiger partial charge in [0.05, 0.1) is 11.4 Å². The van der Waals surface area contributed by atoms with E-state index >= 15 is 0 Å². The van der Waals surface area contributed by atoms with Crippen molar-refractivity contribution >= 4 is 29.4 Å². The summed E-state index contributed by atoms with van der Waals surface area (Å²) in [5.74, 6) is 0.917. The van der Waals surface area contributed by atoms with Crippen LogP contribution in [0.4, 0.5) is 0 Å². The molecule has 1 aromatic carbocycles. The van der Waals surface area contributed by atoms with E-state index in [0.29, 0.717) is 11.8 Å². The molecule has 2 unspecified atom stereocenters. The summed E-state index contributed by atoms with van der Waals surface area (Å²) in [7, 11) is 1.96. The van der Waals surface area contributed by atoms with E-state index in [1.807, 2.05) is 19.3 Å². The maximum Gasteiger partial charge on any atom is 0.0542 e. The van der Waals surface area contributed by atoms with Crippen molar-refractivity contribution in [2.75, 3.05) is 13.6 Å². The Bertz CT molecular complexity index is 1730. The molecule has 2 atom stereocenters. The Morgan fingerprint density at radius 1 is 1.07 bits per heavy atom. The number of hydrogen-bond acceptors (Lipinski definition) is 6. The molecule has 3 N–H and O–H groups in total. The number of benzene rings is 1. The van der Waals surface area contributed by atoms with Crippen molar-refractivity contribution in [1.82, 2.24) is 24.9 Å². The van der Waals surface area contributed by atoms with Crippen molar-refractivity contribution in [3.8, 4) is 11.3 Å². The monoisotopic (exact) mass is 769 g/mol. The van der Waals surface area contributed by atoms with Gasteiger partial charge in [-0.1, -0.05) is 99.1 Å². The SMILES string of the molecule is C=C(CCCCNS)NC(=C)C(NC)C(C)C.C=CCCC(C)(C)Cc1c(-c2cccnc2C(C)CC)n(CC)c2ccc(C(C)=N/C(=C\C)CCC)cc12. The lowest BCUT2D eigenvalue weighted by Crippen LogP contribution is -2.37. The summed E-state index contributed by atoms with van der Waals surface area (Å²) in [5, 5.41) is 7.90. The lowest BCUT2D eigenvalue weighted by atomic mass is 9.80. The van der Waals surface area contributed by atoms with E-state index in [9.17, 15) is 0 Å². The number of allylic oxidation sites excluding steroid dienone is 4. The van der Waals surface area contributed by atoms with E-state index in [4.69, 9.17) is 9.98 Å². The predicted octanol–water partition coefficient (Wildman–Crippen LogP) is 12.7. The van der Waals surface area contributed by atoms with Gasteiger partial charge >= 0.3 is 0 Å². The quantitative estimate of drug-likeness (QED) is 0.0336. The third-order valence-corrected chi connectivity index (χ3v) is 10.8. The lowest BCUT2D eigenvalue weighted by Gasteiger charge is -2.25. The minimum absolute atomic E-state index is 0.146. The van der Waals surface area contributed by atoms with Gasteiger partial charge in [-0.25, -0.2) is 0 Å². The molecular weight excluding hydrogens is 693 g/mol. The zero-order valence-corrected chi connectivity index (χ0v) is 37.4. The number of likely N-dealkylation sites (N-methyl/N-ethyl adjacent to an activating group) is 1. The van der Waals surface area contributed by atoms with Crippen LogP contribution in [0.25, 0.3) is 22.2 Å². The molecule has 2 aromatic heterocycles. The second kappa shape index (κ2) is 24.3. The third-order valence-electron chi connectivity index (χ3n) is 10.6. The van der Waals surface area contributed by atoms with E-state index in [1.165, 1.54) is 39.0 Å². The number of aryl methyl sites for hydroxylation is 1. The third kappa shape index (κ3) is 14.2. The highest BCUT2D eigenvalue weighted by molar-refractivity contribution is 7.78. The Balaban J connectivity index is 0.000000518. The van der Waals surface area contributed by atoms with Crippen molar-refractivity contribution in [2.45, 2.75) is 146 Å². The van der Waals surface area contributed by atoms with Crippen LogP contribution < -0.4 is 15.4 Å². The van der Waals surface area contributed by atoms with Crippen LogP contribution in [0.15, 0.2) is 90.5 Å². The van der Waals surface area contributed by atoms with Gasteiger partial charge in [0.15, 0.2) is 0 Å². The van der Waals surface area contributed by atoms with Crippen molar-refractivity contribution in [2.24, 2.45) is 16.3 Å². The molecule has 0 aliphatic rings. The first kappa shape index (κ1) is 47.8. The number of pyridine rings is 1. The summed E-state index contributed by atoms with van der Waals surface area (Å²) in [6.07, 6.45) is 15.7. The van der Waals surface area contributed by atoms with E-state index in [0.717, 1.165) is 93.7 Å². The standard InChI is InChI=1S/C35H49N3.C13H27N3S/c1-10-15-21-35(8,9)24-31-30-23-27(26(7)37-28(13-4)17-11-2)19-20-32(30)38(14-5)34(31)29-18-16-22-36-33(29)25(6)12-3;1-10(2)13(14-5)12(4)16-11(3)8-6-7-9-15-17/h10,13,16,18-20,22-23,25H,1,11-12,14-15,17,21,24H2,2-9H3;10,13-17H,3-4,6-9H2,1-2,5H3/b28-13-,37-26?;. The van der Waals surface area contributed by atoms with E-state index in [-0.39, 0.29) is 11.5 Å². The first-order chi connectivity index (χ1) is 26.2. The molecular formula is C48H76N6S. The molecule has 55 heavy (non-hydrogen) atoms. The van der Waals surface area contributed by atoms with Crippen LogP contribution in [0.2, 0.25) is 0 Å². The van der Waals surface area contributed by atoms with Crippen molar-refractivity contribution in [1.29, 1.82) is 0 Å². The summed E-state index contributed by atoms with van der Waals surface area (Å²) >= 11 is 3.95. The number of rotatable bonds is 23. The molecule has 3 rings (SSSR count). The number of unbranched alkanes of at least 4 members (excludes halogenated alkanes) is 1. The number of nitrogens with zero attached hydrogens (tertiary/aromatic N) is 3. The van der Waals surface area contributed by atoms with Crippen LogP contribution in [-0.4, -0.2) is 34.9 Å². The molecule has 0 aliphatic heterocycles. The highest BCUT2D eigenvalue weighted by atomic mass is 32.1. The number of thiol groups is 1. The fourth-order valence-electron chi connectivity index (χ4n) is 7.35. The molecule has 0 bridgehead atoms. The first-order valence-electron chi connectivity index (χ1n) is 20.8. The Morgan fingerprint density at radius 3 is 2.38 bits per heavy atom. The van der Waals surface area contributed by atoms with E-state index in [1.54, 1.807) is 0 Å². The van der Waals surface area contributed by atoms with Gasteiger partial charge in [-0.05, 0) is 132 Å². The van der Waals surface area contributed by atoms with Gasteiger partial charge in [0.2, 0.25) is 0 Å². The minimum Gasteiger partial charge on any atom is -0.362 e. The average molecular weight is 769 g/mol. The maximum absolute atomic E-state index is 5.01. The number of aromatic nitrogens is 2. The van der Waals surface area contributed by atoms with Gasteiger partial charge in [0.25, 0.3) is 0 Å². The lowest BCUT2D eigenvalue weighted by molar-refractivity contribution is 0.337. The van der Waals surface area contributed by atoms with Gasteiger partial charge < -0.3 is 15.2 Å². The molecule has 7 heteroatoms. The number of fused-ring (bicyclic) bond motifs is 1. The summed E-state index contributed by atoms with van der Waals surface area (Å²) < 4.78 is 5.36. The molecule has 0 saturated carbocycles. The highest BCUT2D eigenvalue weighted by Gasteiger charge is 2.27. The van der Waals surface area contributed by atoms with Gasteiger partial charge in [-0.2, -0.15) is 0 Å². The second-order valence-electron chi connectivity index (χ2n) is 16.1. The minimum atomic E-state index is 0.146. The predicted molar refractivity (Wildman–Crippen MR) is 247 cm³/mol. The van der Waals surface area contributed by atoms with Crippen LogP contribution in [0.5, 0.6) is 0 Å². The van der Waals surface area contributed by atoms with Crippen LogP contribution in [0.3, 0.4) is 0 Å². The van der Waals surface area contributed by atoms with Gasteiger partial charge in [0, 0.05) is 64.6 Å². The smallest absolute Gasteiger partial charge is 0.0542 e. The topological polar surface area (TPSA) is 66.3 Å². The van der Waals surface area contributed by atoms with Crippen molar-refractivity contribution in [3.05, 3.63) is 102 Å². The van der Waals surface area contributed by atoms with Gasteiger partial charge in [-0.3, -0.25) is 14.7 Å².